The zero-order valence-electron chi connectivity index (χ0n) is 17.3. The maximum absolute atomic E-state index is 3.46. The molecule has 0 atom stereocenters. The molecule has 0 spiro atoms. The second-order valence-electron chi connectivity index (χ2n) is 5.37. The Morgan fingerprint density at radius 3 is 1.11 bits per heavy atom. The molecule has 0 heterocycles. The molecule has 0 saturated carbocycles. The summed E-state index contributed by atoms with van der Waals surface area (Å²) < 4.78 is 0. The molecule has 0 saturated heterocycles. The maximum Gasteiger partial charge on any atom is 0.00313 e. The van der Waals surface area contributed by atoms with Crippen LogP contribution in [0, 0.1) is 59.2 Å². The number of rotatable bonds is 10. The third-order valence-corrected chi connectivity index (χ3v) is 3.74. The highest BCUT2D eigenvalue weighted by Gasteiger charge is 1.91. The molecule has 28 heavy (non-hydrogen) atoms. The van der Waals surface area contributed by atoms with Crippen molar-refractivity contribution in [3.8, 4) is 59.2 Å². The van der Waals surface area contributed by atoms with Crippen LogP contribution < -0.4 is 0 Å². The first kappa shape index (κ1) is 35.2. The molecule has 0 unspecified atom stereocenters. The van der Waals surface area contributed by atoms with Crippen LogP contribution in [0.2, 0.25) is 0 Å². The van der Waals surface area contributed by atoms with Crippen LogP contribution in [0.15, 0.2) is 0 Å². The third kappa shape index (κ3) is 44.8. The van der Waals surface area contributed by atoms with Gasteiger partial charge < -0.3 is 0 Å². The van der Waals surface area contributed by atoms with Gasteiger partial charge in [-0.2, -0.15) is 0 Å². The molecule has 0 rings (SSSR count). The fraction of sp³-hybridized carbons (Fsp3) is 0.583. The van der Waals surface area contributed by atoms with Crippen molar-refractivity contribution in [2.24, 2.45) is 0 Å². The van der Waals surface area contributed by atoms with Crippen molar-refractivity contribution in [1.82, 2.24) is 0 Å². The van der Waals surface area contributed by atoms with E-state index in [4.69, 9.17) is 0 Å². The summed E-state index contributed by atoms with van der Waals surface area (Å²) in [7, 11) is 0. The molecule has 0 aromatic carbocycles. The summed E-state index contributed by atoms with van der Waals surface area (Å²) in [5.74, 6) is 25.6. The summed E-state index contributed by atoms with van der Waals surface area (Å²) in [5.41, 5.74) is 0. The lowest BCUT2D eigenvalue weighted by Crippen LogP contribution is -1.81. The van der Waals surface area contributed by atoms with Crippen molar-refractivity contribution in [1.29, 1.82) is 0 Å². The van der Waals surface area contributed by atoms with Crippen LogP contribution in [-0.4, -0.2) is 5.33 Å². The Balaban J connectivity index is -0.0000000186. The molecule has 0 amide bonds. The van der Waals surface area contributed by atoms with Gasteiger partial charge in [0.25, 0.3) is 0 Å². The summed E-state index contributed by atoms with van der Waals surface area (Å²) in [6.45, 7) is 5.72. The van der Waals surface area contributed by atoms with Crippen LogP contribution in [0.4, 0.5) is 0 Å². The smallest absolute Gasteiger partial charge is 0.00313 e. The average Bonchev–Trinajstić information content (AvgIpc) is 2.71. The van der Waals surface area contributed by atoms with Gasteiger partial charge in [-0.3, -0.25) is 0 Å². The Labute approximate surface area is 224 Å². The highest BCUT2D eigenvalue weighted by Crippen LogP contribution is 2.10. The summed E-state index contributed by atoms with van der Waals surface area (Å²) in [6, 6.07) is 0. The Bertz CT molecular complexity index is 575. The molecular weight excluding hydrogens is 608 g/mol. The summed E-state index contributed by atoms with van der Waals surface area (Å²) in [5, 5.41) is 1.18. The lowest BCUT2D eigenvalue weighted by Gasteiger charge is -2.00. The third-order valence-electron chi connectivity index (χ3n) is 3.17. The monoisotopic (exact) mass is 656 g/mol. The zero-order valence-corrected chi connectivity index (χ0v) is 23.8. The number of alkyl halides is 1. The predicted molar refractivity (Wildman–Crippen MR) is 165 cm³/mol. The number of halogens is 4. The highest BCUT2D eigenvalue weighted by molar-refractivity contribution is 9.93. The van der Waals surface area contributed by atoms with Crippen molar-refractivity contribution in [3.05, 3.63) is 0 Å². The highest BCUT2D eigenvalue weighted by atomic mass is 80.9. The first-order valence-electron chi connectivity index (χ1n) is 9.37. The predicted octanol–water partition coefficient (Wildman–Crippen LogP) is 11.1. The van der Waals surface area contributed by atoms with Gasteiger partial charge >= 0.3 is 0 Å². The summed E-state index contributed by atoms with van der Waals surface area (Å²) in [6.07, 6.45) is 14.3. The minimum atomic E-state index is 0. The molecule has 0 nitrogen and oxygen atoms in total. The van der Waals surface area contributed by atoms with Gasteiger partial charge in [-0.25, -0.2) is 0 Å². The van der Waals surface area contributed by atoms with E-state index in [1.807, 2.05) is 0 Å². The topological polar surface area (TPSA) is 0 Å². The van der Waals surface area contributed by atoms with E-state index in [0.29, 0.717) is 0 Å². The molecule has 0 bridgehead atoms. The Hall–Kier alpha value is -0.280. The normalized spacial score (nSPS) is 6.79. The molecular formula is C24H52Br4. The number of unbranched alkanes of at least 4 members (excludes halogenated alkanes) is 9. The Morgan fingerprint density at radius 2 is 0.821 bits per heavy atom. The molecule has 176 valence electrons. The maximum atomic E-state index is 3.46. The van der Waals surface area contributed by atoms with Crippen LogP contribution in [0.25, 0.3) is 0 Å². The van der Waals surface area contributed by atoms with Gasteiger partial charge in [0, 0.05) is 47.9 Å². The molecule has 0 aromatic rings. The SMILES string of the molecule is Br.BrBr.CC#CC#CC#CC#CC#CC.CCCCCCCCCCCCBr.[HH].[HH].[HH].[HH].[HH].[HH].[HH].[HH].[HH].[HH]. The zero-order chi connectivity index (χ0) is 20.8. The molecule has 0 radical (unpaired) electrons. The number of hydrogen-bond donors (Lipinski definition) is 0. The van der Waals surface area contributed by atoms with E-state index in [1.165, 1.54) is 69.5 Å². The molecule has 0 aromatic heterocycles. The van der Waals surface area contributed by atoms with Crippen LogP contribution in [-0.2, 0) is 0 Å². The first-order valence-corrected chi connectivity index (χ1v) is 14.2. The van der Waals surface area contributed by atoms with Gasteiger partial charge in [-0.1, -0.05) is 92.5 Å². The molecule has 0 aliphatic heterocycles. The fourth-order valence-electron chi connectivity index (χ4n) is 1.89. The van der Waals surface area contributed by atoms with Crippen LogP contribution >= 0.6 is 61.2 Å². The van der Waals surface area contributed by atoms with E-state index in [-0.39, 0.29) is 31.2 Å². The van der Waals surface area contributed by atoms with Gasteiger partial charge in [0.05, 0.1) is 0 Å². The van der Waals surface area contributed by atoms with E-state index < -0.39 is 0 Å². The summed E-state index contributed by atoms with van der Waals surface area (Å²) in [4.78, 5) is 0. The van der Waals surface area contributed by atoms with Crippen molar-refractivity contribution < 1.29 is 14.3 Å². The van der Waals surface area contributed by atoms with Gasteiger partial charge in [-0.05, 0) is 67.6 Å². The van der Waals surface area contributed by atoms with Gasteiger partial charge in [0.2, 0.25) is 0 Å². The van der Waals surface area contributed by atoms with E-state index in [0.717, 1.165) is 0 Å². The lowest BCUT2D eigenvalue weighted by molar-refractivity contribution is 0.563. The van der Waals surface area contributed by atoms with Crippen LogP contribution in [0.1, 0.15) is 99.2 Å². The van der Waals surface area contributed by atoms with Crippen LogP contribution in [0.5, 0.6) is 0 Å². The lowest BCUT2D eigenvalue weighted by atomic mass is 10.1. The second kappa shape index (κ2) is 41.2. The van der Waals surface area contributed by atoms with Crippen LogP contribution in [0.3, 0.4) is 0 Å². The molecule has 4 heteroatoms. The molecule has 0 aliphatic rings. The molecule has 0 fully saturated rings. The van der Waals surface area contributed by atoms with E-state index in [9.17, 15) is 0 Å². The summed E-state index contributed by atoms with van der Waals surface area (Å²) >= 11 is 8.96. The largest absolute Gasteiger partial charge is 0.114 e. The van der Waals surface area contributed by atoms with Crippen molar-refractivity contribution >= 4 is 61.2 Å². The van der Waals surface area contributed by atoms with Gasteiger partial charge in [-0.15, -0.1) is 17.0 Å². The Morgan fingerprint density at radius 1 is 0.536 bits per heavy atom. The molecule has 0 N–H and O–H groups in total. The minimum absolute atomic E-state index is 0. The standard InChI is InChI=1S/C12H25Br.C12H6.Br2.BrH.10H2/c1-2-3-4-5-6-7-8-9-10-11-12-13;1-3-5-7-9-11-12-10-8-6-4-2;1-2;;;;;;;;;;;/h2-12H2,1H3;1-2H3;;11*1H. The first-order chi connectivity index (χ1) is 13.3. The van der Waals surface area contributed by atoms with Crippen molar-refractivity contribution in [3.63, 3.8) is 0 Å². The van der Waals surface area contributed by atoms with Crippen molar-refractivity contribution in [2.75, 3.05) is 5.33 Å². The quantitative estimate of drug-likeness (QED) is 0.124. The average molecular weight is 660 g/mol. The van der Waals surface area contributed by atoms with Crippen molar-refractivity contribution in [2.45, 2.75) is 85.0 Å². The minimum Gasteiger partial charge on any atom is -0.114 e. The molecule has 0 aliphatic carbocycles. The fourth-order valence-corrected chi connectivity index (χ4v) is 2.29. The Kier molecular flexibility index (Phi) is 51.7. The number of hydrogen-bond acceptors (Lipinski definition) is 0. The van der Waals surface area contributed by atoms with Gasteiger partial charge in [0.15, 0.2) is 0 Å². The van der Waals surface area contributed by atoms with E-state index in [1.54, 1.807) is 13.8 Å². The van der Waals surface area contributed by atoms with Gasteiger partial charge in [0.1, 0.15) is 0 Å². The second-order valence-corrected chi connectivity index (χ2v) is 6.16. The van der Waals surface area contributed by atoms with E-state index >= 15 is 0 Å². The van der Waals surface area contributed by atoms with E-state index in [2.05, 4.69) is 110 Å².